The van der Waals surface area contributed by atoms with Gasteiger partial charge in [-0.1, -0.05) is 57.5 Å². The van der Waals surface area contributed by atoms with Crippen molar-refractivity contribution in [1.82, 2.24) is 14.3 Å². The number of aromatic nitrogens is 2. The number of rotatable bonds is 5. The highest BCUT2D eigenvalue weighted by Gasteiger charge is 2.44. The van der Waals surface area contributed by atoms with Crippen LogP contribution in [0.25, 0.3) is 11.6 Å². The van der Waals surface area contributed by atoms with E-state index in [0.29, 0.717) is 25.7 Å². The van der Waals surface area contributed by atoms with Gasteiger partial charge in [0.15, 0.2) is 0 Å². The second-order valence-electron chi connectivity index (χ2n) is 11.3. The van der Waals surface area contributed by atoms with Crippen LogP contribution >= 0.6 is 12.8 Å². The van der Waals surface area contributed by atoms with Crippen molar-refractivity contribution in [1.29, 1.82) is 5.26 Å². The van der Waals surface area contributed by atoms with Crippen LogP contribution in [0, 0.1) is 41.8 Å². The van der Waals surface area contributed by atoms with Crippen molar-refractivity contribution in [2.24, 2.45) is 24.8 Å². The molecule has 13 heteroatoms. The fourth-order valence-corrected chi connectivity index (χ4v) is 6.24. The zero-order valence-corrected chi connectivity index (χ0v) is 29.4. The molecule has 2 aliphatic rings. The van der Waals surface area contributed by atoms with E-state index in [-0.39, 0.29) is 12.2 Å². The van der Waals surface area contributed by atoms with Gasteiger partial charge in [-0.3, -0.25) is 13.9 Å². The molecule has 4 atom stereocenters. The van der Waals surface area contributed by atoms with E-state index in [1.54, 1.807) is 7.05 Å². The van der Waals surface area contributed by atoms with E-state index in [2.05, 4.69) is 51.1 Å². The number of alkyl halides is 4. The van der Waals surface area contributed by atoms with Crippen LogP contribution in [0.5, 0.6) is 0 Å². The Morgan fingerprint density at radius 1 is 1.12 bits per heavy atom. The second kappa shape index (κ2) is 18.6. The minimum Gasteiger partial charge on any atom is -0.513 e. The highest BCUT2D eigenvalue weighted by Crippen LogP contribution is 2.47. The van der Waals surface area contributed by atoms with E-state index in [9.17, 15) is 37.1 Å². The molecule has 3 unspecified atom stereocenters. The third kappa shape index (κ3) is 9.95. The fourth-order valence-electron chi connectivity index (χ4n) is 6.24. The number of benzene rings is 2. The van der Waals surface area contributed by atoms with Crippen molar-refractivity contribution in [2.45, 2.75) is 58.5 Å². The van der Waals surface area contributed by atoms with Crippen LogP contribution in [0.1, 0.15) is 72.9 Å². The lowest BCUT2D eigenvalue weighted by atomic mass is 9.64. The summed E-state index contributed by atoms with van der Waals surface area (Å²) in [6, 6.07) is 11.9. The summed E-state index contributed by atoms with van der Waals surface area (Å²) in [4.78, 5) is 18.0. The number of thiol groups is 1. The minimum atomic E-state index is -4.73. The second-order valence-corrected chi connectivity index (χ2v) is 11.7. The van der Waals surface area contributed by atoms with Gasteiger partial charge in [0.25, 0.3) is 0 Å². The monoisotopic (exact) mass is 705 g/mol. The molecule has 0 aliphatic heterocycles. The molecule has 0 bridgehead atoms. The smallest absolute Gasteiger partial charge is 0.416 e. The first kappa shape index (κ1) is 41.0. The zero-order chi connectivity index (χ0) is 37.1. The molecule has 5 rings (SSSR count). The molecule has 2 aromatic carbocycles. The number of aliphatic hydroxyl groups excluding tert-OH is 1. The van der Waals surface area contributed by atoms with Crippen molar-refractivity contribution in [3.8, 4) is 6.07 Å². The highest BCUT2D eigenvalue weighted by molar-refractivity contribution is 7.78. The van der Waals surface area contributed by atoms with E-state index in [1.165, 1.54) is 5.69 Å². The molecule has 0 radical (unpaired) electrons. The van der Waals surface area contributed by atoms with Crippen LogP contribution < -0.4 is 10.0 Å². The number of hydrogen-bond acceptors (Lipinski definition) is 6. The van der Waals surface area contributed by atoms with Crippen LogP contribution in [0.15, 0.2) is 54.8 Å². The quantitative estimate of drug-likeness (QED) is 0.121. The number of imidazole rings is 1. The van der Waals surface area contributed by atoms with E-state index in [4.69, 9.17) is 0 Å². The van der Waals surface area contributed by atoms with Gasteiger partial charge in [0.2, 0.25) is 5.91 Å². The largest absolute Gasteiger partial charge is 0.513 e. The molecule has 0 spiro atoms. The first-order valence-electron chi connectivity index (χ1n) is 15.8. The van der Waals surface area contributed by atoms with Crippen LogP contribution in [0.4, 0.5) is 27.6 Å². The van der Waals surface area contributed by atoms with Crippen LogP contribution in [0.3, 0.4) is 0 Å². The number of nitrogens with one attached hydrogen (secondary N) is 2. The number of anilines is 1. The number of amides is 1. The molecule has 1 amide bonds. The van der Waals surface area contributed by atoms with E-state index in [0.717, 1.165) is 47.1 Å². The number of allylic oxidation sites excluding steroid dienone is 2. The summed E-state index contributed by atoms with van der Waals surface area (Å²) in [5.74, 6) is -3.95. The minimum absolute atomic E-state index is 0.0854. The molecular weight excluding hydrogens is 661 g/mol. The number of aryl methyl sites for hydroxylation is 1. The van der Waals surface area contributed by atoms with Gasteiger partial charge >= 0.3 is 6.18 Å². The number of hydrogen-bond donors (Lipinski definition) is 4. The number of fused-ring (bicyclic) bond motifs is 1. The Kier molecular flexibility index (Phi) is 15.5. The molecule has 1 aromatic heterocycles. The molecule has 0 saturated heterocycles. The van der Waals surface area contributed by atoms with Gasteiger partial charge in [0, 0.05) is 30.5 Å². The SMILES string of the molecule is C=C(O)[C@H]1C(C(=O)Nc2ccc(C(F)(F)F)cc2F)CC(C#N)CC1c1ccc(C2=Cc3nc(C)n(C)c3CC2)cc1.CC.CF.CNS. The number of nitrogens with zero attached hydrogens (tertiary/aromatic N) is 3. The number of nitriles is 1. The van der Waals surface area contributed by atoms with E-state index < -0.39 is 52.8 Å². The third-order valence-electron chi connectivity index (χ3n) is 8.52. The molecule has 3 aromatic rings. The molecule has 7 nitrogen and oxygen atoms in total. The summed E-state index contributed by atoms with van der Waals surface area (Å²) >= 11 is 3.54. The molecule has 266 valence electrons. The van der Waals surface area contributed by atoms with E-state index >= 15 is 0 Å². The Morgan fingerprint density at radius 3 is 2.27 bits per heavy atom. The molecule has 1 fully saturated rings. The van der Waals surface area contributed by atoms with Gasteiger partial charge in [0.05, 0.1) is 36.0 Å². The van der Waals surface area contributed by atoms with Gasteiger partial charge in [-0.15, -0.1) is 0 Å². The molecule has 1 saturated carbocycles. The van der Waals surface area contributed by atoms with Crippen LogP contribution in [-0.4, -0.2) is 34.8 Å². The van der Waals surface area contributed by atoms with Crippen LogP contribution in [0.2, 0.25) is 0 Å². The van der Waals surface area contributed by atoms with Crippen molar-refractivity contribution in [3.05, 3.63) is 94.5 Å². The Balaban J connectivity index is 0.00000111. The van der Waals surface area contributed by atoms with Gasteiger partial charge in [-0.05, 0) is 86.5 Å². The van der Waals surface area contributed by atoms with Crippen molar-refractivity contribution in [2.75, 3.05) is 19.5 Å². The average molecular weight is 706 g/mol. The molecule has 1 heterocycles. The summed E-state index contributed by atoms with van der Waals surface area (Å²) in [5, 5.41) is 22.8. The predicted octanol–water partition coefficient (Wildman–Crippen LogP) is 9.00. The Morgan fingerprint density at radius 2 is 1.73 bits per heavy atom. The summed E-state index contributed by atoms with van der Waals surface area (Å²) in [7, 11) is 4.25. The third-order valence-corrected chi connectivity index (χ3v) is 8.52. The average Bonchev–Trinajstić information content (AvgIpc) is 3.38. The Labute approximate surface area is 290 Å². The standard InChI is InChI=1S/C32H30F4N4O2.C2H6.CH3F.CH5NS/c1-17(41)30-24(21-6-4-20(5-7-21)22-8-11-29-28(14-22)38-18(2)40(29)3)12-19(16-37)13-25(30)31(42)39-27-10-9-23(15-26(27)33)32(34,35)36;2*1-2;1-2-3/h4-7,9-10,14-15,19,24-25,30,41H,1,8,11-13H2,2-3H3,(H,39,42);1-2H3;1H3;2-3H,1H3/t19?,24?,25?,30-;;;/m1.../s1. The fraction of sp³-hybridized carbons (Fsp3) is 0.417. The first-order valence-corrected chi connectivity index (χ1v) is 16.2. The van der Waals surface area contributed by atoms with Crippen molar-refractivity contribution in [3.63, 3.8) is 0 Å². The molecule has 3 N–H and O–H groups in total. The Bertz CT molecular complexity index is 1650. The summed E-state index contributed by atoms with van der Waals surface area (Å²) in [5.41, 5.74) is 3.54. The highest BCUT2D eigenvalue weighted by atomic mass is 32.1. The molecule has 2 aliphatic carbocycles. The number of carbonyl (C=O) groups excluding carboxylic acids is 1. The summed E-state index contributed by atoms with van der Waals surface area (Å²) < 4.78 is 67.4. The molecular formula is C36H44F5N5O2S. The maximum Gasteiger partial charge on any atom is 0.416 e. The topological polar surface area (TPSA) is 103 Å². The van der Waals surface area contributed by atoms with Crippen molar-refractivity contribution < 1.29 is 31.9 Å². The lowest BCUT2D eigenvalue weighted by molar-refractivity contribution is -0.137. The lowest BCUT2D eigenvalue weighted by Crippen LogP contribution is -2.39. The van der Waals surface area contributed by atoms with Gasteiger partial charge in [-0.2, -0.15) is 18.4 Å². The Hall–Kier alpha value is -4.15. The predicted molar refractivity (Wildman–Crippen MR) is 187 cm³/mol. The number of carbonyl (C=O) groups is 1. The maximum absolute atomic E-state index is 14.5. The van der Waals surface area contributed by atoms with Gasteiger partial charge in [0.1, 0.15) is 11.6 Å². The lowest BCUT2D eigenvalue weighted by Gasteiger charge is -2.39. The van der Waals surface area contributed by atoms with Crippen molar-refractivity contribution >= 4 is 36.1 Å². The molecule has 49 heavy (non-hydrogen) atoms. The zero-order valence-electron chi connectivity index (χ0n) is 28.5. The first-order chi connectivity index (χ1) is 23.3. The van der Waals surface area contributed by atoms with Gasteiger partial charge < -0.3 is 15.0 Å². The van der Waals surface area contributed by atoms with E-state index in [1.807, 2.05) is 52.1 Å². The maximum atomic E-state index is 14.5. The number of aliphatic hydroxyl groups is 1. The summed E-state index contributed by atoms with van der Waals surface area (Å²) in [6.07, 6.45) is -0.463. The number of halogens is 5. The summed E-state index contributed by atoms with van der Waals surface area (Å²) in [6.45, 7) is 9.67. The van der Waals surface area contributed by atoms with Crippen LogP contribution in [-0.2, 0) is 24.4 Å². The van der Waals surface area contributed by atoms with Gasteiger partial charge in [-0.25, -0.2) is 9.37 Å². The normalized spacial score (nSPS) is 19.5.